The zero-order valence-electron chi connectivity index (χ0n) is 11.9. The molecule has 1 saturated carbocycles. The van der Waals surface area contributed by atoms with Crippen molar-refractivity contribution < 1.29 is 9.53 Å². The number of hydrogen-bond acceptors (Lipinski definition) is 3. The molecule has 2 rings (SSSR count). The molecule has 0 saturated heterocycles. The third-order valence-electron chi connectivity index (χ3n) is 3.67. The molecule has 0 unspecified atom stereocenters. The van der Waals surface area contributed by atoms with E-state index in [0.717, 1.165) is 11.3 Å². The topological polar surface area (TPSA) is 50.1 Å². The minimum Gasteiger partial charge on any atom is -0.496 e. The Morgan fingerprint density at radius 1 is 1.37 bits per heavy atom. The van der Waals surface area contributed by atoms with Gasteiger partial charge in [-0.2, -0.15) is 5.26 Å². The van der Waals surface area contributed by atoms with Gasteiger partial charge in [0.1, 0.15) is 11.2 Å². The molecule has 0 aromatic heterocycles. The number of benzene rings is 1. The van der Waals surface area contributed by atoms with Gasteiger partial charge in [0.25, 0.3) is 0 Å². The average Bonchev–Trinajstić information content (AvgIpc) is 3.17. The molecule has 0 amide bonds. The Bertz CT molecular complexity index is 557. The maximum absolute atomic E-state index is 12.4. The number of ketones is 1. The predicted octanol–water partition coefficient (Wildman–Crippen LogP) is 3.48. The number of nitrogens with zero attached hydrogens (tertiary/aromatic N) is 1. The van der Waals surface area contributed by atoms with E-state index in [9.17, 15) is 4.79 Å². The fraction of sp³-hybridized carbons (Fsp3) is 0.500. The molecule has 0 atom stereocenters. The zero-order valence-corrected chi connectivity index (χ0v) is 11.9. The van der Waals surface area contributed by atoms with Crippen LogP contribution in [0.25, 0.3) is 0 Å². The Hall–Kier alpha value is -1.82. The molecule has 19 heavy (non-hydrogen) atoms. The van der Waals surface area contributed by atoms with E-state index in [1.54, 1.807) is 13.2 Å². The molecule has 0 heterocycles. The van der Waals surface area contributed by atoms with Crippen LogP contribution in [0.4, 0.5) is 0 Å². The molecule has 1 aromatic rings. The smallest absolute Gasteiger partial charge is 0.183 e. The molecule has 0 N–H and O–H groups in total. The summed E-state index contributed by atoms with van der Waals surface area (Å²) in [6.45, 7) is 6.24. The van der Waals surface area contributed by atoms with Crippen LogP contribution in [0.5, 0.6) is 5.75 Å². The Balaban J connectivity index is 2.45. The minimum absolute atomic E-state index is 0.0526. The van der Waals surface area contributed by atoms with Crippen molar-refractivity contribution in [3.63, 3.8) is 0 Å². The van der Waals surface area contributed by atoms with Crippen molar-refractivity contribution in [3.8, 4) is 11.8 Å². The van der Waals surface area contributed by atoms with E-state index in [4.69, 9.17) is 10.00 Å². The van der Waals surface area contributed by atoms with Crippen molar-refractivity contribution >= 4 is 5.78 Å². The maximum Gasteiger partial charge on any atom is 0.183 e. The monoisotopic (exact) mass is 257 g/mol. The normalized spacial score (nSPS) is 16.6. The van der Waals surface area contributed by atoms with Gasteiger partial charge in [-0.25, -0.2) is 0 Å². The maximum atomic E-state index is 12.4. The quantitative estimate of drug-likeness (QED) is 0.779. The van der Waals surface area contributed by atoms with Gasteiger partial charge in [0, 0.05) is 11.1 Å². The number of nitriles is 1. The molecule has 1 aliphatic rings. The number of carbonyl (C=O) groups excluding carboxylic acids is 1. The van der Waals surface area contributed by atoms with Crippen LogP contribution >= 0.6 is 0 Å². The van der Waals surface area contributed by atoms with Gasteiger partial charge in [-0.15, -0.1) is 0 Å². The van der Waals surface area contributed by atoms with Gasteiger partial charge < -0.3 is 4.74 Å². The largest absolute Gasteiger partial charge is 0.496 e. The Labute approximate surface area is 114 Å². The summed E-state index contributed by atoms with van der Waals surface area (Å²) in [4.78, 5) is 12.4. The zero-order chi connectivity index (χ0) is 14.3. The lowest BCUT2D eigenvalue weighted by Crippen LogP contribution is -2.17. The van der Waals surface area contributed by atoms with Crippen LogP contribution in [0.2, 0.25) is 0 Å². The van der Waals surface area contributed by atoms with Gasteiger partial charge in [0.15, 0.2) is 5.78 Å². The third-order valence-corrected chi connectivity index (χ3v) is 3.67. The minimum atomic E-state index is -0.760. The Morgan fingerprint density at radius 2 is 2.00 bits per heavy atom. The second-order valence-electron chi connectivity index (χ2n) is 6.19. The molecule has 3 nitrogen and oxygen atoms in total. The molecule has 1 aromatic carbocycles. The summed E-state index contributed by atoms with van der Waals surface area (Å²) in [6.07, 6.45) is 1.36. The number of methoxy groups -OCH3 is 1. The van der Waals surface area contributed by atoms with Crippen LogP contribution in [0.15, 0.2) is 18.2 Å². The number of rotatable bonds is 3. The van der Waals surface area contributed by atoms with Crippen molar-refractivity contribution in [1.29, 1.82) is 5.26 Å². The van der Waals surface area contributed by atoms with Crippen molar-refractivity contribution in [3.05, 3.63) is 29.3 Å². The highest BCUT2D eigenvalue weighted by molar-refractivity contribution is 6.04. The van der Waals surface area contributed by atoms with Crippen LogP contribution in [0.1, 0.15) is 49.5 Å². The van der Waals surface area contributed by atoms with Crippen LogP contribution in [-0.2, 0) is 5.41 Å². The van der Waals surface area contributed by atoms with Gasteiger partial charge in [0.05, 0.1) is 13.2 Å². The molecule has 3 heteroatoms. The Morgan fingerprint density at radius 3 is 2.42 bits per heavy atom. The van der Waals surface area contributed by atoms with Crippen LogP contribution in [-0.4, -0.2) is 12.9 Å². The second kappa shape index (κ2) is 4.38. The molecule has 0 radical (unpaired) electrons. The lowest BCUT2D eigenvalue weighted by Gasteiger charge is -2.23. The summed E-state index contributed by atoms with van der Waals surface area (Å²) in [5.74, 6) is 0.731. The number of hydrogen-bond donors (Lipinski definition) is 0. The van der Waals surface area contributed by atoms with Gasteiger partial charge in [0.2, 0.25) is 0 Å². The standard InChI is InChI=1S/C16H19NO2/c1-15(2,3)12-9-11(5-6-13(12)19-4)14(18)16(10-17)7-8-16/h5-6,9H,7-8H2,1-4H3. The summed E-state index contributed by atoms with van der Waals surface area (Å²) in [7, 11) is 1.63. The molecular weight excluding hydrogens is 238 g/mol. The first-order chi connectivity index (χ1) is 8.84. The Kier molecular flexibility index (Phi) is 3.14. The summed E-state index contributed by atoms with van der Waals surface area (Å²) < 4.78 is 5.36. The lowest BCUT2D eigenvalue weighted by molar-refractivity contribution is 0.0934. The SMILES string of the molecule is COc1ccc(C(=O)C2(C#N)CC2)cc1C(C)(C)C. The fourth-order valence-corrected chi connectivity index (χ4v) is 2.23. The predicted molar refractivity (Wildman–Crippen MR) is 73.3 cm³/mol. The van der Waals surface area contributed by atoms with Gasteiger partial charge in [-0.3, -0.25) is 4.79 Å². The van der Waals surface area contributed by atoms with Gasteiger partial charge in [-0.1, -0.05) is 20.8 Å². The van der Waals surface area contributed by atoms with Crippen LogP contribution < -0.4 is 4.74 Å². The molecule has 100 valence electrons. The summed E-state index contributed by atoms with van der Waals surface area (Å²) in [5.41, 5.74) is 0.744. The third kappa shape index (κ3) is 2.35. The van der Waals surface area contributed by atoms with Crippen LogP contribution in [0.3, 0.4) is 0 Å². The molecule has 0 spiro atoms. The number of ether oxygens (including phenoxy) is 1. The first-order valence-corrected chi connectivity index (χ1v) is 6.49. The van der Waals surface area contributed by atoms with Crippen molar-refractivity contribution in [2.45, 2.75) is 39.0 Å². The highest BCUT2D eigenvalue weighted by atomic mass is 16.5. The van der Waals surface area contributed by atoms with E-state index in [-0.39, 0.29) is 11.2 Å². The second-order valence-corrected chi connectivity index (χ2v) is 6.19. The summed E-state index contributed by atoms with van der Waals surface area (Å²) in [6, 6.07) is 7.61. The summed E-state index contributed by atoms with van der Waals surface area (Å²) >= 11 is 0. The van der Waals surface area contributed by atoms with E-state index >= 15 is 0 Å². The molecule has 1 aliphatic carbocycles. The van der Waals surface area contributed by atoms with Crippen molar-refractivity contribution in [1.82, 2.24) is 0 Å². The highest BCUT2D eigenvalue weighted by Gasteiger charge is 2.50. The fourth-order valence-electron chi connectivity index (χ4n) is 2.23. The lowest BCUT2D eigenvalue weighted by atomic mass is 9.84. The summed E-state index contributed by atoms with van der Waals surface area (Å²) in [5, 5.41) is 9.12. The average molecular weight is 257 g/mol. The van der Waals surface area contributed by atoms with E-state index in [1.165, 1.54) is 0 Å². The molecule has 1 fully saturated rings. The van der Waals surface area contributed by atoms with Crippen molar-refractivity contribution in [2.75, 3.05) is 7.11 Å². The van der Waals surface area contributed by atoms with E-state index in [2.05, 4.69) is 26.8 Å². The molecule has 0 bridgehead atoms. The van der Waals surface area contributed by atoms with E-state index < -0.39 is 5.41 Å². The molecule has 0 aliphatic heterocycles. The number of Topliss-reactive ketones (excluding diaryl/α,β-unsaturated/α-hetero) is 1. The first kappa shape index (κ1) is 13.6. The number of carbonyl (C=O) groups is 1. The molecular formula is C16H19NO2. The van der Waals surface area contributed by atoms with E-state index in [0.29, 0.717) is 18.4 Å². The van der Waals surface area contributed by atoms with Gasteiger partial charge >= 0.3 is 0 Å². The first-order valence-electron chi connectivity index (χ1n) is 6.49. The van der Waals surface area contributed by atoms with Gasteiger partial charge in [-0.05, 0) is 36.5 Å². The highest BCUT2D eigenvalue weighted by Crippen LogP contribution is 2.48. The van der Waals surface area contributed by atoms with E-state index in [1.807, 2.05) is 12.1 Å². The van der Waals surface area contributed by atoms with Crippen LogP contribution in [0, 0.1) is 16.7 Å². The van der Waals surface area contributed by atoms with Crippen molar-refractivity contribution in [2.24, 2.45) is 5.41 Å².